The van der Waals surface area contributed by atoms with E-state index in [0.29, 0.717) is 0 Å². The van der Waals surface area contributed by atoms with Crippen molar-refractivity contribution in [2.75, 3.05) is 4.90 Å². The summed E-state index contributed by atoms with van der Waals surface area (Å²) in [6.45, 7) is 0. The highest BCUT2D eigenvalue weighted by Crippen LogP contribution is 2.41. The Morgan fingerprint density at radius 2 is 1.15 bits per heavy atom. The molecule has 0 amide bonds. The van der Waals surface area contributed by atoms with Crippen molar-refractivity contribution in [3.8, 4) is 5.69 Å². The summed E-state index contributed by atoms with van der Waals surface area (Å²) < 4.78 is 16.2. The second kappa shape index (κ2) is 11.0. The molecule has 0 fully saturated rings. The van der Waals surface area contributed by atoms with E-state index in [9.17, 15) is 4.39 Å². The molecule has 0 aliphatic heterocycles. The summed E-state index contributed by atoms with van der Waals surface area (Å²) in [4.78, 5) is 2.32. The predicted octanol–water partition coefficient (Wildman–Crippen LogP) is 12.3. The predicted molar refractivity (Wildman–Crippen MR) is 197 cm³/mol. The first-order valence-corrected chi connectivity index (χ1v) is 15.9. The van der Waals surface area contributed by atoms with Crippen LogP contribution in [0, 0.1) is 5.82 Å². The van der Waals surface area contributed by atoms with E-state index in [0.717, 1.165) is 44.9 Å². The molecule has 0 radical (unpaired) electrons. The standard InChI is InChI=1S/C44H29FN2/c45-34-23-25-37(26-24-34)47-41-17-9-10-32-20-21-33-28-30(29-42(47)44(33)43(32)41)18-19-31-22-27-40(39-16-8-7-15-38(31)39)46(35-11-3-1-4-12-35)36-13-5-2-6-14-36/h1-29H. The zero-order valence-corrected chi connectivity index (χ0v) is 25.5. The highest BCUT2D eigenvalue weighted by Gasteiger charge is 2.18. The summed E-state index contributed by atoms with van der Waals surface area (Å²) in [5.41, 5.74) is 8.79. The van der Waals surface area contributed by atoms with Gasteiger partial charge < -0.3 is 9.47 Å². The number of benzene rings is 8. The van der Waals surface area contributed by atoms with Gasteiger partial charge in [-0.05, 0) is 100 Å². The van der Waals surface area contributed by atoms with E-state index in [1.165, 1.54) is 44.5 Å². The van der Waals surface area contributed by atoms with Gasteiger partial charge in [0.05, 0.1) is 16.7 Å². The monoisotopic (exact) mass is 604 g/mol. The molecule has 9 aromatic rings. The Morgan fingerprint density at radius 1 is 0.489 bits per heavy atom. The van der Waals surface area contributed by atoms with Gasteiger partial charge in [0.25, 0.3) is 0 Å². The van der Waals surface area contributed by atoms with Crippen molar-refractivity contribution >= 4 is 72.6 Å². The van der Waals surface area contributed by atoms with E-state index >= 15 is 0 Å². The minimum Gasteiger partial charge on any atom is -0.310 e. The first-order chi connectivity index (χ1) is 23.2. The summed E-state index contributed by atoms with van der Waals surface area (Å²) in [5, 5.41) is 7.23. The second-order valence-corrected chi connectivity index (χ2v) is 12.0. The maximum atomic E-state index is 13.9. The van der Waals surface area contributed by atoms with Crippen molar-refractivity contribution in [2.24, 2.45) is 0 Å². The molecule has 0 atom stereocenters. The molecule has 0 N–H and O–H groups in total. The van der Waals surface area contributed by atoms with Gasteiger partial charge in [0.1, 0.15) is 5.82 Å². The third-order valence-corrected chi connectivity index (χ3v) is 9.16. The zero-order valence-electron chi connectivity index (χ0n) is 25.5. The fourth-order valence-corrected chi connectivity index (χ4v) is 7.09. The molecule has 0 unspecified atom stereocenters. The highest BCUT2D eigenvalue weighted by molar-refractivity contribution is 6.24. The lowest BCUT2D eigenvalue weighted by molar-refractivity contribution is 0.627. The number of nitrogens with zero attached hydrogens (tertiary/aromatic N) is 2. The lowest BCUT2D eigenvalue weighted by Crippen LogP contribution is -2.10. The van der Waals surface area contributed by atoms with Gasteiger partial charge in [-0.15, -0.1) is 0 Å². The van der Waals surface area contributed by atoms with Gasteiger partial charge >= 0.3 is 0 Å². The van der Waals surface area contributed by atoms with Gasteiger partial charge in [-0.3, -0.25) is 0 Å². The third kappa shape index (κ3) is 4.55. The topological polar surface area (TPSA) is 8.17 Å². The van der Waals surface area contributed by atoms with Crippen molar-refractivity contribution in [1.82, 2.24) is 4.57 Å². The first kappa shape index (κ1) is 27.1. The molecular formula is C44H29FN2. The lowest BCUT2D eigenvalue weighted by Gasteiger charge is -2.27. The maximum Gasteiger partial charge on any atom is 0.123 e. The molecule has 47 heavy (non-hydrogen) atoms. The molecular weight excluding hydrogens is 575 g/mol. The van der Waals surface area contributed by atoms with Crippen molar-refractivity contribution in [3.63, 3.8) is 0 Å². The Kier molecular flexibility index (Phi) is 6.36. The van der Waals surface area contributed by atoms with E-state index in [-0.39, 0.29) is 5.82 Å². The number of para-hydroxylation sites is 2. The number of hydrogen-bond donors (Lipinski definition) is 0. The smallest absolute Gasteiger partial charge is 0.123 e. The minimum atomic E-state index is -0.237. The van der Waals surface area contributed by atoms with Gasteiger partial charge in [-0.25, -0.2) is 4.39 Å². The normalized spacial score (nSPS) is 11.9. The molecule has 9 rings (SSSR count). The zero-order chi connectivity index (χ0) is 31.3. The van der Waals surface area contributed by atoms with Crippen LogP contribution in [0.25, 0.3) is 61.2 Å². The van der Waals surface area contributed by atoms with Crippen LogP contribution in [0.1, 0.15) is 11.1 Å². The average molecular weight is 605 g/mol. The van der Waals surface area contributed by atoms with Crippen LogP contribution in [0.4, 0.5) is 21.5 Å². The summed E-state index contributed by atoms with van der Waals surface area (Å²) in [7, 11) is 0. The van der Waals surface area contributed by atoms with Crippen molar-refractivity contribution < 1.29 is 4.39 Å². The average Bonchev–Trinajstić information content (AvgIpc) is 3.46. The molecule has 1 aromatic heterocycles. The molecule has 3 heteroatoms. The molecule has 222 valence electrons. The highest BCUT2D eigenvalue weighted by atomic mass is 19.1. The molecule has 0 aliphatic carbocycles. The van der Waals surface area contributed by atoms with Gasteiger partial charge in [-0.2, -0.15) is 0 Å². The number of aromatic nitrogens is 1. The first-order valence-electron chi connectivity index (χ1n) is 15.9. The van der Waals surface area contributed by atoms with Crippen molar-refractivity contribution in [1.29, 1.82) is 0 Å². The Hall–Kier alpha value is -6.19. The van der Waals surface area contributed by atoms with Crippen LogP contribution >= 0.6 is 0 Å². The van der Waals surface area contributed by atoms with Crippen LogP contribution in [-0.4, -0.2) is 4.57 Å². The number of fused-ring (bicyclic) bond motifs is 1. The fraction of sp³-hybridized carbons (Fsp3) is 0. The summed E-state index contributed by atoms with van der Waals surface area (Å²) in [5.74, 6) is -0.237. The Balaban J connectivity index is 1.19. The second-order valence-electron chi connectivity index (χ2n) is 12.0. The molecule has 0 saturated carbocycles. The largest absolute Gasteiger partial charge is 0.310 e. The molecule has 1 heterocycles. The number of rotatable bonds is 6. The Bertz CT molecular complexity index is 2520. The van der Waals surface area contributed by atoms with Crippen LogP contribution in [0.15, 0.2) is 164 Å². The Morgan fingerprint density at radius 3 is 1.89 bits per heavy atom. The Labute approximate surface area is 272 Å². The van der Waals surface area contributed by atoms with Gasteiger partial charge in [0.2, 0.25) is 0 Å². The molecule has 0 saturated heterocycles. The van der Waals surface area contributed by atoms with E-state index in [1.54, 1.807) is 0 Å². The fourth-order valence-electron chi connectivity index (χ4n) is 7.09. The van der Waals surface area contributed by atoms with Crippen molar-refractivity contribution in [3.05, 3.63) is 181 Å². The minimum absolute atomic E-state index is 0.237. The summed E-state index contributed by atoms with van der Waals surface area (Å²) >= 11 is 0. The van der Waals surface area contributed by atoms with Crippen LogP contribution in [0.3, 0.4) is 0 Å². The van der Waals surface area contributed by atoms with E-state index in [2.05, 4.69) is 161 Å². The van der Waals surface area contributed by atoms with Gasteiger partial charge in [0.15, 0.2) is 0 Å². The SMILES string of the molecule is Fc1ccc(-n2c3cccc4ccc5cc(C=Cc6ccc(N(c7ccccc7)c7ccccc7)c7ccccc67)cc2c5c43)cc1. The third-order valence-electron chi connectivity index (χ3n) is 9.16. The quantitative estimate of drug-likeness (QED) is 0.135. The number of halogens is 1. The van der Waals surface area contributed by atoms with E-state index < -0.39 is 0 Å². The van der Waals surface area contributed by atoms with E-state index in [4.69, 9.17) is 0 Å². The van der Waals surface area contributed by atoms with E-state index in [1.807, 2.05) is 12.1 Å². The van der Waals surface area contributed by atoms with Crippen LogP contribution in [0.5, 0.6) is 0 Å². The molecule has 0 aliphatic rings. The van der Waals surface area contributed by atoms with Crippen LogP contribution in [-0.2, 0) is 0 Å². The van der Waals surface area contributed by atoms with Crippen LogP contribution in [0.2, 0.25) is 0 Å². The number of anilines is 3. The molecule has 2 nitrogen and oxygen atoms in total. The lowest BCUT2D eigenvalue weighted by atomic mass is 9.98. The molecule has 0 bridgehead atoms. The summed E-state index contributed by atoms with van der Waals surface area (Å²) in [6, 6.07) is 56.3. The number of hydrogen-bond acceptors (Lipinski definition) is 1. The molecule has 8 aromatic carbocycles. The van der Waals surface area contributed by atoms with Gasteiger partial charge in [-0.1, -0.05) is 103 Å². The maximum absolute atomic E-state index is 13.9. The molecule has 0 spiro atoms. The van der Waals surface area contributed by atoms with Crippen molar-refractivity contribution in [2.45, 2.75) is 0 Å². The summed E-state index contributed by atoms with van der Waals surface area (Å²) in [6.07, 6.45) is 4.43. The van der Waals surface area contributed by atoms with Gasteiger partial charge in [0, 0.05) is 33.2 Å². The van der Waals surface area contributed by atoms with Crippen LogP contribution < -0.4 is 4.90 Å².